The number of hydrogen-bond acceptors (Lipinski definition) is 24. The molecule has 2 aliphatic rings. The van der Waals surface area contributed by atoms with Crippen LogP contribution < -0.4 is 36.6 Å². The van der Waals surface area contributed by atoms with Crippen molar-refractivity contribution < 1.29 is 84.6 Å². The third-order valence-corrected chi connectivity index (χ3v) is 12.8. The first-order valence-corrected chi connectivity index (χ1v) is 19.7. The number of phosphoric ester groups is 2. The molecule has 51 heavy (non-hydrogen) atoms. The molecule has 0 amide bonds. The molecule has 2 aliphatic heterocycles. The number of phosphoric acid groups is 4. The molecule has 0 saturated carbocycles. The molecule has 11 atom stereocenters. The average molecular weight is 807 g/mol. The molecule has 284 valence electrons. The summed E-state index contributed by atoms with van der Waals surface area (Å²) in [5.74, 6) is -0.0363. The summed E-state index contributed by atoms with van der Waals surface area (Å²) in [6.45, 7) is -1.00. The lowest BCUT2D eigenvalue weighted by Crippen LogP contribution is -2.34. The molecule has 2 fully saturated rings. The zero-order valence-corrected chi connectivity index (χ0v) is 28.9. The lowest BCUT2D eigenvalue weighted by Gasteiger charge is -2.36. The van der Waals surface area contributed by atoms with Gasteiger partial charge in [-0.1, -0.05) is 0 Å². The van der Waals surface area contributed by atoms with Gasteiger partial charge in [0.05, 0.1) is 25.6 Å². The topological polar surface area (TPSA) is 410 Å². The summed E-state index contributed by atoms with van der Waals surface area (Å²) < 4.78 is 80.5. The number of rotatable bonds is 14. The first-order chi connectivity index (χ1) is 23.6. The Bertz CT molecular complexity index is 2090. The summed E-state index contributed by atoms with van der Waals surface area (Å²) in [5, 5.41) is 31.0. The van der Waals surface area contributed by atoms with Crippen molar-refractivity contribution in [3.05, 3.63) is 45.3 Å². The van der Waals surface area contributed by atoms with E-state index in [1.165, 1.54) is 6.92 Å². The molecule has 3 aromatic heterocycles. The lowest BCUT2D eigenvalue weighted by atomic mass is 10.1. The van der Waals surface area contributed by atoms with E-state index in [2.05, 4.69) is 36.9 Å². The summed E-state index contributed by atoms with van der Waals surface area (Å²) in [7, 11) is -25.3. The highest BCUT2D eigenvalue weighted by Gasteiger charge is 2.45. The molecular formula is C20H25N7O20P4-4. The highest BCUT2D eigenvalue weighted by molar-refractivity contribution is 7.68. The maximum atomic E-state index is 12.2. The molecule has 2 saturated heterocycles. The van der Waals surface area contributed by atoms with Crippen molar-refractivity contribution in [2.24, 2.45) is 0 Å². The predicted molar refractivity (Wildman–Crippen MR) is 152 cm³/mol. The Morgan fingerprint density at radius 3 is 2.10 bits per heavy atom. The molecule has 0 radical (unpaired) electrons. The summed E-state index contributed by atoms with van der Waals surface area (Å²) in [4.78, 5) is 85.7. The molecule has 31 heteroatoms. The number of nitrogens with zero attached hydrogens (tertiary/aromatic N) is 5. The zero-order valence-electron chi connectivity index (χ0n) is 25.3. The number of aliphatic hydroxyl groups is 3. The summed E-state index contributed by atoms with van der Waals surface area (Å²) in [6.07, 6.45) is -8.05. The predicted octanol–water partition coefficient (Wildman–Crippen LogP) is -4.51. The molecule has 0 aromatic carbocycles. The fourth-order valence-electron chi connectivity index (χ4n) is 4.76. The van der Waals surface area contributed by atoms with Gasteiger partial charge in [0.15, 0.2) is 17.7 Å². The third kappa shape index (κ3) is 9.31. The maximum Gasteiger partial charge on any atom is 0.330 e. The van der Waals surface area contributed by atoms with Gasteiger partial charge in [0.1, 0.15) is 42.5 Å². The van der Waals surface area contributed by atoms with Crippen LogP contribution in [0.4, 0.5) is 5.82 Å². The third-order valence-electron chi connectivity index (χ3n) is 7.05. The van der Waals surface area contributed by atoms with Gasteiger partial charge in [-0.15, -0.1) is 0 Å². The van der Waals surface area contributed by atoms with Crippen LogP contribution in [0.3, 0.4) is 0 Å². The van der Waals surface area contributed by atoms with Crippen LogP contribution in [0.2, 0.25) is 0 Å². The second-order valence-corrected chi connectivity index (χ2v) is 16.7. The van der Waals surface area contributed by atoms with Crippen molar-refractivity contribution in [1.29, 1.82) is 0 Å². The van der Waals surface area contributed by atoms with Crippen LogP contribution in [0.1, 0.15) is 24.4 Å². The minimum atomic E-state index is -6.58. The Labute approximate surface area is 282 Å². The van der Waals surface area contributed by atoms with Crippen LogP contribution in [0.15, 0.2) is 28.4 Å². The average Bonchev–Trinajstić information content (AvgIpc) is 3.67. The standard InChI is InChI=1S/C20H29N7O20P4/c1-8-3-26(20(32)25-18(8)31)12-2-9(28)10(43-12)4-41-48(33,34)45-50(37,38)47-51(39,40)46-49(35,36)42-5-11-14(29)15(30)19(44-11)27-7-24-13-16(21)22-6-23-17(13)27/h3,6-7,9-12,14-15,19,28-30H,2,4-5H2,1H3,(H,33,34)(H,35,36)(H,37,38)(H,39,40)(H2,21,22,23)(H,25,31,32)/p-4/t9?,10-,11-,12-,14+,15?,19-/m1/s1. The number of H-pyrrole nitrogens is 1. The van der Waals surface area contributed by atoms with E-state index in [9.17, 15) is 62.7 Å². The van der Waals surface area contributed by atoms with E-state index < -0.39 is 98.7 Å². The molecule has 5 rings (SSSR count). The number of nitrogens with two attached hydrogens (primary N) is 1. The summed E-state index contributed by atoms with van der Waals surface area (Å²) in [6, 6.07) is 0. The van der Waals surface area contributed by atoms with Crippen molar-refractivity contribution in [2.75, 3.05) is 18.9 Å². The number of anilines is 1. The van der Waals surface area contributed by atoms with Gasteiger partial charge < -0.3 is 59.1 Å². The van der Waals surface area contributed by atoms with Crippen molar-refractivity contribution in [3.8, 4) is 0 Å². The number of imidazole rings is 1. The van der Waals surface area contributed by atoms with Crippen molar-refractivity contribution in [2.45, 2.75) is 56.3 Å². The van der Waals surface area contributed by atoms with E-state index in [1.807, 2.05) is 4.98 Å². The fourth-order valence-corrected chi connectivity index (χ4v) is 9.51. The molecule has 5 heterocycles. The smallest absolute Gasteiger partial charge is 0.330 e. The highest BCUT2D eigenvalue weighted by Crippen LogP contribution is 2.66. The number of aliphatic hydroxyl groups excluding tert-OH is 3. The first-order valence-electron chi connectivity index (χ1n) is 13.8. The van der Waals surface area contributed by atoms with Gasteiger partial charge in [-0.05, 0) is 6.92 Å². The molecule has 6 N–H and O–H groups in total. The fraction of sp³-hybridized carbons (Fsp3) is 0.550. The molecule has 27 nitrogen and oxygen atoms in total. The number of aromatic amines is 1. The number of ether oxygens (including phenoxy) is 2. The van der Waals surface area contributed by atoms with Crippen LogP contribution in [0.25, 0.3) is 11.2 Å². The zero-order chi connectivity index (χ0) is 37.7. The van der Waals surface area contributed by atoms with E-state index in [4.69, 9.17) is 15.2 Å². The lowest BCUT2D eigenvalue weighted by molar-refractivity contribution is -0.255. The van der Waals surface area contributed by atoms with Crippen LogP contribution in [-0.2, 0) is 49.7 Å². The number of nitrogens with one attached hydrogen (secondary N) is 1. The Kier molecular flexibility index (Phi) is 11.4. The van der Waals surface area contributed by atoms with E-state index in [0.29, 0.717) is 0 Å². The van der Waals surface area contributed by atoms with Crippen LogP contribution in [0.5, 0.6) is 0 Å². The molecule has 0 aliphatic carbocycles. The second kappa shape index (κ2) is 14.7. The van der Waals surface area contributed by atoms with Gasteiger partial charge in [-0.3, -0.25) is 37.2 Å². The van der Waals surface area contributed by atoms with Crippen LogP contribution in [0, 0.1) is 6.92 Å². The summed E-state index contributed by atoms with van der Waals surface area (Å²) >= 11 is 0. The number of fused-ring (bicyclic) bond motifs is 1. The molecule has 0 spiro atoms. The normalized spacial score (nSPS) is 30.1. The van der Waals surface area contributed by atoms with Gasteiger partial charge in [-0.25, -0.2) is 32.7 Å². The summed E-state index contributed by atoms with van der Waals surface area (Å²) in [5.41, 5.74) is 4.31. The van der Waals surface area contributed by atoms with Crippen LogP contribution >= 0.6 is 31.3 Å². The quantitative estimate of drug-likeness (QED) is 0.0958. The maximum absolute atomic E-state index is 12.2. The monoisotopic (exact) mass is 807 g/mol. The van der Waals surface area contributed by atoms with E-state index in [-0.39, 0.29) is 29.0 Å². The molecular weight excluding hydrogens is 782 g/mol. The van der Waals surface area contributed by atoms with E-state index >= 15 is 0 Å². The van der Waals surface area contributed by atoms with Gasteiger partial charge in [0, 0.05) is 18.2 Å². The van der Waals surface area contributed by atoms with Gasteiger partial charge in [-0.2, -0.15) is 0 Å². The minimum Gasteiger partial charge on any atom is -0.756 e. The Morgan fingerprint density at radius 1 is 0.882 bits per heavy atom. The number of aromatic nitrogens is 6. The Morgan fingerprint density at radius 2 is 1.47 bits per heavy atom. The van der Waals surface area contributed by atoms with Crippen molar-refractivity contribution >= 4 is 48.3 Å². The Balaban J connectivity index is 1.13. The van der Waals surface area contributed by atoms with Gasteiger partial charge in [0.2, 0.25) is 0 Å². The largest absolute Gasteiger partial charge is 0.756 e. The second-order valence-electron chi connectivity index (χ2n) is 10.7. The first kappa shape index (κ1) is 39.6. The van der Waals surface area contributed by atoms with Crippen molar-refractivity contribution in [3.63, 3.8) is 0 Å². The van der Waals surface area contributed by atoms with Crippen LogP contribution in [-0.4, -0.2) is 88.1 Å². The Hall–Kier alpha value is -2.61. The van der Waals surface area contributed by atoms with Crippen molar-refractivity contribution in [1.82, 2.24) is 29.1 Å². The molecule has 0 bridgehead atoms. The minimum absolute atomic E-state index is 0.0363. The SMILES string of the molecule is Cc1cn([C@H]2CC(O)[C@@H](COP(=O)([O-])OP(=O)([O-])OP(=O)([O-])OP(=O)([O-])OC[C@H]3O[C@@H](n4cnc5c(N)ncnc54)C(O)[C@H]3O)O2)c(=O)[nH]c1=O. The number of hydrogen-bond donors (Lipinski definition) is 5. The van der Waals surface area contributed by atoms with E-state index in [1.54, 1.807) is 0 Å². The number of aryl methyl sites for hydroxylation is 1. The van der Waals surface area contributed by atoms with E-state index in [0.717, 1.165) is 28.0 Å². The highest BCUT2D eigenvalue weighted by atomic mass is 31.3. The van der Waals surface area contributed by atoms with Gasteiger partial charge >= 0.3 is 5.69 Å². The molecule has 3 aromatic rings. The van der Waals surface area contributed by atoms with Gasteiger partial charge in [0.25, 0.3) is 36.9 Å². The number of nitrogen functional groups attached to an aromatic ring is 1. The molecule has 6 unspecified atom stereocenters.